The summed E-state index contributed by atoms with van der Waals surface area (Å²) in [6, 6.07) is 32.3. The zero-order valence-electron chi connectivity index (χ0n) is 23.7. The lowest BCUT2D eigenvalue weighted by atomic mass is 10.0. The van der Waals surface area contributed by atoms with Crippen LogP contribution in [0.1, 0.15) is 57.4 Å². The summed E-state index contributed by atoms with van der Waals surface area (Å²) in [5.74, 6) is 1.38. The number of pyridine rings is 1. The lowest BCUT2D eigenvalue weighted by molar-refractivity contribution is 0.0929. The molecular formula is C35H34N6O. The molecule has 0 aliphatic carbocycles. The summed E-state index contributed by atoms with van der Waals surface area (Å²) in [7, 11) is 0. The van der Waals surface area contributed by atoms with Crippen molar-refractivity contribution in [1.82, 2.24) is 30.0 Å². The average molecular weight is 555 g/mol. The fraction of sp³-hybridized carbons (Fsp3) is 0.200. The highest BCUT2D eigenvalue weighted by atomic mass is 16.2. The van der Waals surface area contributed by atoms with Crippen LogP contribution >= 0.6 is 0 Å². The molecule has 0 radical (unpaired) electrons. The molecule has 3 aromatic carbocycles. The number of nitrogens with zero attached hydrogens (tertiary/aromatic N) is 4. The number of fused-ring (bicyclic) bond motifs is 1. The monoisotopic (exact) mass is 554 g/mol. The van der Waals surface area contributed by atoms with Crippen molar-refractivity contribution in [2.75, 3.05) is 0 Å². The van der Waals surface area contributed by atoms with Crippen molar-refractivity contribution in [2.45, 2.75) is 45.2 Å². The first-order valence-electron chi connectivity index (χ1n) is 14.5. The number of aryl methyl sites for hydroxylation is 3. The summed E-state index contributed by atoms with van der Waals surface area (Å²) in [6.07, 6.45) is 6.78. The van der Waals surface area contributed by atoms with E-state index in [0.717, 1.165) is 52.9 Å². The van der Waals surface area contributed by atoms with Crippen LogP contribution < -0.4 is 5.32 Å². The molecule has 0 saturated carbocycles. The minimum atomic E-state index is -0.424. The van der Waals surface area contributed by atoms with Gasteiger partial charge in [-0.3, -0.25) is 9.78 Å². The van der Waals surface area contributed by atoms with Gasteiger partial charge < -0.3 is 14.9 Å². The number of nitrogens with one attached hydrogen (secondary N) is 2. The topological polar surface area (TPSA) is 88.5 Å². The second-order valence-electron chi connectivity index (χ2n) is 10.5. The Labute approximate surface area is 245 Å². The lowest BCUT2D eigenvalue weighted by Crippen LogP contribution is -2.33. The van der Waals surface area contributed by atoms with Crippen LogP contribution in [-0.2, 0) is 32.2 Å². The number of hydrogen-bond donors (Lipinski definition) is 2. The van der Waals surface area contributed by atoms with Crippen molar-refractivity contribution in [2.24, 2.45) is 0 Å². The second kappa shape index (κ2) is 12.6. The smallest absolute Gasteiger partial charge is 0.270 e. The van der Waals surface area contributed by atoms with Gasteiger partial charge in [0.25, 0.3) is 5.91 Å². The third-order valence-electron chi connectivity index (χ3n) is 7.72. The van der Waals surface area contributed by atoms with E-state index < -0.39 is 6.04 Å². The molecular weight excluding hydrogens is 520 g/mol. The van der Waals surface area contributed by atoms with Gasteiger partial charge in [0.05, 0.1) is 12.6 Å². The summed E-state index contributed by atoms with van der Waals surface area (Å²) in [6.45, 7) is 2.77. The zero-order chi connectivity index (χ0) is 28.7. The Bertz CT molecular complexity index is 1760. The highest BCUT2D eigenvalue weighted by molar-refractivity contribution is 5.92. The van der Waals surface area contributed by atoms with E-state index in [9.17, 15) is 4.79 Å². The van der Waals surface area contributed by atoms with Crippen molar-refractivity contribution >= 4 is 16.8 Å². The van der Waals surface area contributed by atoms with Gasteiger partial charge in [-0.05, 0) is 53.3 Å². The minimum absolute atomic E-state index is 0.242. The Kier molecular flexibility index (Phi) is 8.17. The number of benzene rings is 3. The van der Waals surface area contributed by atoms with Gasteiger partial charge in [0, 0.05) is 36.1 Å². The van der Waals surface area contributed by atoms with E-state index in [4.69, 9.17) is 10.2 Å². The summed E-state index contributed by atoms with van der Waals surface area (Å²) in [4.78, 5) is 21.1. The van der Waals surface area contributed by atoms with Crippen LogP contribution in [0.15, 0.2) is 109 Å². The number of carbonyl (C=O) groups excluding carboxylic acids is 1. The predicted octanol–water partition coefficient (Wildman–Crippen LogP) is 6.26. The second-order valence-corrected chi connectivity index (χ2v) is 10.5. The van der Waals surface area contributed by atoms with Crippen LogP contribution in [0, 0.1) is 0 Å². The quantitative estimate of drug-likeness (QED) is 0.198. The number of hydrogen-bond acceptors (Lipinski definition) is 4. The first-order chi connectivity index (χ1) is 20.7. The Morgan fingerprint density at radius 3 is 2.38 bits per heavy atom. The van der Waals surface area contributed by atoms with Crippen LogP contribution in [0.2, 0.25) is 0 Å². The maximum atomic E-state index is 13.4. The fourth-order valence-electron chi connectivity index (χ4n) is 5.38. The van der Waals surface area contributed by atoms with Crippen molar-refractivity contribution in [3.8, 4) is 0 Å². The molecule has 0 saturated heterocycles. The van der Waals surface area contributed by atoms with Crippen LogP contribution in [0.5, 0.6) is 0 Å². The Hall–Kier alpha value is -5.04. The number of aromatic amines is 1. The highest BCUT2D eigenvalue weighted by Gasteiger charge is 2.26. The average Bonchev–Trinajstić information content (AvgIpc) is 3.64. The molecule has 1 unspecified atom stereocenters. The summed E-state index contributed by atoms with van der Waals surface area (Å²) < 4.78 is 2.18. The van der Waals surface area contributed by atoms with Gasteiger partial charge in [-0.1, -0.05) is 85.8 Å². The molecule has 42 heavy (non-hydrogen) atoms. The summed E-state index contributed by atoms with van der Waals surface area (Å²) in [5.41, 5.74) is 6.24. The van der Waals surface area contributed by atoms with Crippen LogP contribution in [0.4, 0.5) is 0 Å². The van der Waals surface area contributed by atoms with Gasteiger partial charge in [-0.2, -0.15) is 0 Å². The molecule has 210 valence electrons. The van der Waals surface area contributed by atoms with Crippen LogP contribution in [0.3, 0.4) is 0 Å². The molecule has 2 N–H and O–H groups in total. The van der Waals surface area contributed by atoms with Gasteiger partial charge in [0.2, 0.25) is 0 Å². The van der Waals surface area contributed by atoms with E-state index in [1.807, 2.05) is 30.5 Å². The third-order valence-corrected chi connectivity index (χ3v) is 7.72. The summed E-state index contributed by atoms with van der Waals surface area (Å²) in [5, 5.41) is 13.8. The molecule has 6 rings (SSSR count). The van der Waals surface area contributed by atoms with E-state index in [-0.39, 0.29) is 5.91 Å². The third kappa shape index (κ3) is 6.15. The van der Waals surface area contributed by atoms with Gasteiger partial charge >= 0.3 is 0 Å². The molecule has 0 fully saturated rings. The number of carbonyl (C=O) groups is 1. The molecule has 0 bridgehead atoms. The number of H-pyrrole nitrogens is 1. The normalized spacial score (nSPS) is 11.9. The Balaban J connectivity index is 1.38. The van der Waals surface area contributed by atoms with E-state index in [1.54, 1.807) is 18.3 Å². The van der Waals surface area contributed by atoms with E-state index in [2.05, 4.69) is 87.4 Å². The van der Waals surface area contributed by atoms with Gasteiger partial charge in [0.15, 0.2) is 5.82 Å². The van der Waals surface area contributed by atoms with E-state index in [0.29, 0.717) is 18.7 Å². The maximum Gasteiger partial charge on any atom is 0.270 e. The Morgan fingerprint density at radius 2 is 1.60 bits per heavy atom. The number of amides is 1. The van der Waals surface area contributed by atoms with Crippen molar-refractivity contribution in [3.63, 3.8) is 0 Å². The number of rotatable bonds is 11. The van der Waals surface area contributed by atoms with Gasteiger partial charge in [0.1, 0.15) is 11.5 Å². The molecule has 3 heterocycles. The van der Waals surface area contributed by atoms with Gasteiger partial charge in [-0.15, -0.1) is 10.2 Å². The Morgan fingerprint density at radius 1 is 0.833 bits per heavy atom. The molecule has 3 aromatic heterocycles. The predicted molar refractivity (Wildman–Crippen MR) is 165 cm³/mol. The zero-order valence-corrected chi connectivity index (χ0v) is 23.7. The first-order valence-corrected chi connectivity index (χ1v) is 14.5. The van der Waals surface area contributed by atoms with E-state index >= 15 is 0 Å². The molecule has 7 heteroatoms. The molecule has 0 spiro atoms. The molecule has 0 aliphatic heterocycles. The van der Waals surface area contributed by atoms with E-state index in [1.165, 1.54) is 11.1 Å². The molecule has 6 aromatic rings. The van der Waals surface area contributed by atoms with Gasteiger partial charge in [-0.25, -0.2) is 0 Å². The van der Waals surface area contributed by atoms with Crippen molar-refractivity contribution in [3.05, 3.63) is 149 Å². The molecule has 1 amide bonds. The minimum Gasteiger partial charge on any atom is -0.361 e. The summed E-state index contributed by atoms with van der Waals surface area (Å²) >= 11 is 0. The maximum absolute atomic E-state index is 13.4. The largest absolute Gasteiger partial charge is 0.361 e. The standard InChI is InChI=1S/C35H34N6O/c1-2-25-15-17-27(18-16-25)24-41-33(20-19-26-10-4-3-5-11-26)39-40-34(41)32(38-35(42)31-14-8-9-21-36-31)22-28-23-37-30-13-7-6-12-29(28)30/h3-18,21,23,32,37H,2,19-20,22,24H2,1H3,(H,38,42). The molecule has 0 aliphatic rings. The van der Waals surface area contributed by atoms with Crippen molar-refractivity contribution < 1.29 is 4.79 Å². The number of para-hydroxylation sites is 1. The lowest BCUT2D eigenvalue weighted by Gasteiger charge is -2.20. The number of aromatic nitrogens is 5. The molecule has 1 atom stereocenters. The fourth-order valence-corrected chi connectivity index (χ4v) is 5.38. The van der Waals surface area contributed by atoms with Crippen LogP contribution in [0.25, 0.3) is 10.9 Å². The van der Waals surface area contributed by atoms with Crippen LogP contribution in [-0.4, -0.2) is 30.6 Å². The first kappa shape index (κ1) is 27.1. The highest BCUT2D eigenvalue weighted by Crippen LogP contribution is 2.26. The SMILES string of the molecule is CCc1ccc(Cn2c(CCc3ccccc3)nnc2C(Cc2c[nH]c3ccccc23)NC(=O)c2ccccn2)cc1. The molecule has 7 nitrogen and oxygen atoms in total. The van der Waals surface area contributed by atoms with Crippen molar-refractivity contribution in [1.29, 1.82) is 0 Å².